The molecule has 5 nitrogen and oxygen atoms in total. The SMILES string of the molecule is CCNS(=O)(=O)c1ccc(N)c(NC2CC=CCC2)c1. The van der Waals surface area contributed by atoms with E-state index in [9.17, 15) is 8.42 Å². The van der Waals surface area contributed by atoms with Crippen LogP contribution in [0.3, 0.4) is 0 Å². The molecule has 0 saturated heterocycles. The Kier molecular flexibility index (Phi) is 4.67. The van der Waals surface area contributed by atoms with Crippen LogP contribution < -0.4 is 15.8 Å². The third-order valence-electron chi connectivity index (χ3n) is 3.30. The molecule has 110 valence electrons. The summed E-state index contributed by atoms with van der Waals surface area (Å²) in [5.74, 6) is 0. The number of hydrogen-bond acceptors (Lipinski definition) is 4. The van der Waals surface area contributed by atoms with Crippen molar-refractivity contribution in [1.29, 1.82) is 0 Å². The molecule has 0 amide bonds. The van der Waals surface area contributed by atoms with Crippen LogP contribution in [0.1, 0.15) is 26.2 Å². The summed E-state index contributed by atoms with van der Waals surface area (Å²) >= 11 is 0. The van der Waals surface area contributed by atoms with Crippen LogP contribution in [0.2, 0.25) is 0 Å². The van der Waals surface area contributed by atoms with E-state index in [1.54, 1.807) is 19.1 Å². The van der Waals surface area contributed by atoms with E-state index in [0.717, 1.165) is 19.3 Å². The monoisotopic (exact) mass is 295 g/mol. The molecule has 1 aromatic rings. The van der Waals surface area contributed by atoms with Crippen LogP contribution in [-0.2, 0) is 10.0 Å². The quantitative estimate of drug-likeness (QED) is 0.573. The molecule has 0 spiro atoms. The number of nitrogens with one attached hydrogen (secondary N) is 2. The van der Waals surface area contributed by atoms with Crippen LogP contribution >= 0.6 is 0 Å². The van der Waals surface area contributed by atoms with Gasteiger partial charge in [0.05, 0.1) is 16.3 Å². The second-order valence-corrected chi connectivity index (χ2v) is 6.64. The second-order valence-electron chi connectivity index (χ2n) is 4.88. The summed E-state index contributed by atoms with van der Waals surface area (Å²) in [6, 6.07) is 5.07. The topological polar surface area (TPSA) is 84.2 Å². The highest BCUT2D eigenvalue weighted by Gasteiger charge is 2.16. The summed E-state index contributed by atoms with van der Waals surface area (Å²) in [7, 11) is -3.45. The molecule has 1 atom stereocenters. The molecule has 1 aliphatic rings. The molecule has 0 aliphatic heterocycles. The molecule has 0 radical (unpaired) electrons. The minimum atomic E-state index is -3.45. The van der Waals surface area contributed by atoms with Gasteiger partial charge in [-0.1, -0.05) is 19.1 Å². The van der Waals surface area contributed by atoms with Crippen LogP contribution in [0, 0.1) is 0 Å². The van der Waals surface area contributed by atoms with Crippen LogP contribution in [0.5, 0.6) is 0 Å². The maximum Gasteiger partial charge on any atom is 0.240 e. The van der Waals surface area contributed by atoms with Gasteiger partial charge in [-0.15, -0.1) is 0 Å². The Labute approximate surface area is 120 Å². The first-order valence-corrected chi connectivity index (χ1v) is 8.32. The van der Waals surface area contributed by atoms with E-state index < -0.39 is 10.0 Å². The van der Waals surface area contributed by atoms with Crippen LogP contribution in [0.4, 0.5) is 11.4 Å². The van der Waals surface area contributed by atoms with Crippen molar-refractivity contribution in [2.24, 2.45) is 0 Å². The number of rotatable bonds is 5. The fourth-order valence-electron chi connectivity index (χ4n) is 2.25. The minimum absolute atomic E-state index is 0.238. The predicted molar refractivity (Wildman–Crippen MR) is 82.1 cm³/mol. The average molecular weight is 295 g/mol. The fourth-order valence-corrected chi connectivity index (χ4v) is 3.31. The maximum absolute atomic E-state index is 12.0. The number of hydrogen-bond donors (Lipinski definition) is 3. The van der Waals surface area contributed by atoms with Crippen molar-refractivity contribution >= 4 is 21.4 Å². The fraction of sp³-hybridized carbons (Fsp3) is 0.429. The molecule has 1 unspecified atom stereocenters. The molecule has 2 rings (SSSR count). The van der Waals surface area contributed by atoms with E-state index >= 15 is 0 Å². The maximum atomic E-state index is 12.0. The van der Waals surface area contributed by atoms with Gasteiger partial charge in [-0.25, -0.2) is 13.1 Å². The van der Waals surface area contributed by atoms with Gasteiger partial charge >= 0.3 is 0 Å². The third kappa shape index (κ3) is 3.52. The van der Waals surface area contributed by atoms with Gasteiger partial charge in [-0.3, -0.25) is 0 Å². The first-order chi connectivity index (χ1) is 9.53. The number of sulfonamides is 1. The molecule has 0 saturated carbocycles. The molecule has 0 heterocycles. The Balaban J connectivity index is 2.22. The van der Waals surface area contributed by atoms with Crippen molar-refractivity contribution in [1.82, 2.24) is 4.72 Å². The van der Waals surface area contributed by atoms with Crippen LogP contribution in [0.15, 0.2) is 35.2 Å². The summed E-state index contributed by atoms with van der Waals surface area (Å²) in [5, 5.41) is 3.34. The standard InChI is InChI=1S/C14H21N3O2S/c1-2-16-20(18,19)12-8-9-13(15)14(10-12)17-11-6-4-3-5-7-11/h3-4,8-11,16-17H,2,5-7,15H2,1H3. The summed E-state index contributed by atoms with van der Waals surface area (Å²) in [5.41, 5.74) is 7.18. The second kappa shape index (κ2) is 6.28. The molecular weight excluding hydrogens is 274 g/mol. The van der Waals surface area contributed by atoms with Gasteiger partial charge in [0.1, 0.15) is 0 Å². The Bertz CT molecular complexity index is 596. The lowest BCUT2D eigenvalue weighted by molar-refractivity contribution is 0.584. The van der Waals surface area contributed by atoms with Crippen molar-refractivity contribution in [2.45, 2.75) is 37.1 Å². The lowest BCUT2D eigenvalue weighted by Crippen LogP contribution is -2.24. The van der Waals surface area contributed by atoms with Gasteiger partial charge in [0.25, 0.3) is 0 Å². The zero-order chi connectivity index (χ0) is 14.6. The molecule has 0 bridgehead atoms. The summed E-state index contributed by atoms with van der Waals surface area (Å²) in [6.45, 7) is 2.12. The number of nitrogens with two attached hydrogens (primary N) is 1. The molecule has 20 heavy (non-hydrogen) atoms. The molecule has 1 aliphatic carbocycles. The Morgan fingerprint density at radius 3 is 2.80 bits per heavy atom. The normalized spacial score (nSPS) is 18.9. The summed E-state index contributed by atoms with van der Waals surface area (Å²) in [6.07, 6.45) is 7.29. The van der Waals surface area contributed by atoms with Crippen molar-refractivity contribution in [3.05, 3.63) is 30.4 Å². The zero-order valence-electron chi connectivity index (χ0n) is 11.6. The minimum Gasteiger partial charge on any atom is -0.397 e. The van der Waals surface area contributed by atoms with E-state index in [4.69, 9.17) is 5.73 Å². The lowest BCUT2D eigenvalue weighted by atomic mass is 10.0. The van der Waals surface area contributed by atoms with Crippen LogP contribution in [0.25, 0.3) is 0 Å². The Morgan fingerprint density at radius 2 is 2.15 bits per heavy atom. The predicted octanol–water partition coefficient (Wildman–Crippen LogP) is 2.09. The molecule has 1 aromatic carbocycles. The molecule has 4 N–H and O–H groups in total. The van der Waals surface area contributed by atoms with Gasteiger partial charge in [0, 0.05) is 12.6 Å². The summed E-state index contributed by atoms with van der Waals surface area (Å²) in [4.78, 5) is 0.238. The van der Waals surface area contributed by atoms with E-state index in [0.29, 0.717) is 24.0 Å². The van der Waals surface area contributed by atoms with Gasteiger partial charge in [0.15, 0.2) is 0 Å². The highest BCUT2D eigenvalue weighted by atomic mass is 32.2. The van der Waals surface area contributed by atoms with E-state index in [-0.39, 0.29) is 4.90 Å². The molecule has 6 heteroatoms. The van der Waals surface area contributed by atoms with Gasteiger partial charge < -0.3 is 11.1 Å². The van der Waals surface area contributed by atoms with E-state index in [1.165, 1.54) is 6.07 Å². The van der Waals surface area contributed by atoms with Crippen molar-refractivity contribution < 1.29 is 8.42 Å². The first kappa shape index (κ1) is 14.9. The van der Waals surface area contributed by atoms with Crippen molar-refractivity contribution in [2.75, 3.05) is 17.6 Å². The van der Waals surface area contributed by atoms with Crippen molar-refractivity contribution in [3.63, 3.8) is 0 Å². The Hall–Kier alpha value is -1.53. The largest absolute Gasteiger partial charge is 0.397 e. The van der Waals surface area contributed by atoms with E-state index in [1.807, 2.05) is 0 Å². The highest BCUT2D eigenvalue weighted by molar-refractivity contribution is 7.89. The highest BCUT2D eigenvalue weighted by Crippen LogP contribution is 2.25. The molecule has 0 aromatic heterocycles. The Morgan fingerprint density at radius 1 is 1.35 bits per heavy atom. The number of nitrogen functional groups attached to an aromatic ring is 1. The number of benzene rings is 1. The number of allylic oxidation sites excluding steroid dienone is 1. The average Bonchev–Trinajstić information content (AvgIpc) is 2.42. The van der Waals surface area contributed by atoms with E-state index in [2.05, 4.69) is 22.2 Å². The lowest BCUT2D eigenvalue weighted by Gasteiger charge is -2.22. The first-order valence-electron chi connectivity index (χ1n) is 6.83. The third-order valence-corrected chi connectivity index (χ3v) is 4.84. The molecular formula is C14H21N3O2S. The van der Waals surface area contributed by atoms with Crippen LogP contribution in [-0.4, -0.2) is 21.0 Å². The van der Waals surface area contributed by atoms with Gasteiger partial charge in [0.2, 0.25) is 10.0 Å². The smallest absolute Gasteiger partial charge is 0.240 e. The number of anilines is 2. The van der Waals surface area contributed by atoms with Gasteiger partial charge in [-0.2, -0.15) is 0 Å². The van der Waals surface area contributed by atoms with Gasteiger partial charge in [-0.05, 0) is 37.5 Å². The summed E-state index contributed by atoms with van der Waals surface area (Å²) < 4.78 is 26.5. The molecule has 0 fully saturated rings. The van der Waals surface area contributed by atoms with Crippen molar-refractivity contribution in [3.8, 4) is 0 Å². The zero-order valence-corrected chi connectivity index (χ0v) is 12.4.